The predicted molar refractivity (Wildman–Crippen MR) is 125 cm³/mol. The number of nitriles is 1. The maximum atomic E-state index is 12.7. The van der Waals surface area contributed by atoms with Crippen LogP contribution in [0.1, 0.15) is 68.8 Å². The zero-order valence-electron chi connectivity index (χ0n) is 20.3. The molecule has 2 bridgehead atoms. The number of hydrogen-bond donors (Lipinski definition) is 2. The van der Waals surface area contributed by atoms with Crippen LogP contribution in [-0.4, -0.2) is 48.9 Å². The van der Waals surface area contributed by atoms with Crippen LogP contribution in [0.15, 0.2) is 18.2 Å². The largest absolute Gasteiger partial charge is 0.496 e. The van der Waals surface area contributed by atoms with Gasteiger partial charge in [-0.2, -0.15) is 5.26 Å². The molecule has 3 aliphatic carbocycles. The number of para-hydroxylation sites is 1. The molecule has 4 aliphatic rings. The van der Waals surface area contributed by atoms with Crippen molar-refractivity contribution in [2.24, 2.45) is 17.3 Å². The molecule has 34 heavy (non-hydrogen) atoms. The molecule has 2 N–H and O–H groups in total. The van der Waals surface area contributed by atoms with Crippen molar-refractivity contribution < 1.29 is 28.7 Å². The van der Waals surface area contributed by atoms with Crippen molar-refractivity contribution in [1.82, 2.24) is 5.32 Å². The molecule has 1 saturated heterocycles. The summed E-state index contributed by atoms with van der Waals surface area (Å²) in [5, 5.41) is 21.4. The molecular weight excluding hydrogens is 435 g/mol. The molecule has 3 saturated carbocycles. The molecule has 4 fully saturated rings. The van der Waals surface area contributed by atoms with Crippen molar-refractivity contribution in [3.8, 4) is 11.8 Å². The maximum absolute atomic E-state index is 12.7. The highest BCUT2D eigenvalue weighted by Crippen LogP contribution is 2.65. The smallest absolute Gasteiger partial charge is 0.482 e. The summed E-state index contributed by atoms with van der Waals surface area (Å²) >= 11 is 0. The Labute approximate surface area is 201 Å². The highest BCUT2D eigenvalue weighted by Gasteiger charge is 2.68. The molecule has 182 valence electrons. The Balaban J connectivity index is 1.59. The van der Waals surface area contributed by atoms with Crippen LogP contribution in [0, 0.1) is 28.6 Å². The fraction of sp³-hybridized carbons (Fsp3) is 0.640. The number of aromatic carboxylic acids is 1. The summed E-state index contributed by atoms with van der Waals surface area (Å²) in [4.78, 5) is 24.4. The number of carbonyl (C=O) groups excluding carboxylic acids is 1. The van der Waals surface area contributed by atoms with E-state index in [0.29, 0.717) is 36.7 Å². The molecule has 0 aromatic heterocycles. The van der Waals surface area contributed by atoms with Crippen molar-refractivity contribution in [1.29, 1.82) is 5.26 Å². The standard InChI is InChI=1S/C25H33BN2O6/c1-24(2)16-13-18(24)25(3)19(14-16)33-26(34-25)20(28-21(29)10-5-6-11-27)12-15-8-7-9-17(23(30)31)22(15)32-4/h7-9,16,18-20H,5-6,10,12-14H2,1-4H3,(H,28,29)(H,30,31). The molecular formula is C25H33BN2O6. The lowest BCUT2D eigenvalue weighted by molar-refractivity contribution is -0.199. The van der Waals surface area contributed by atoms with Gasteiger partial charge in [0.2, 0.25) is 5.91 Å². The number of carboxylic acid groups (broad SMARTS) is 1. The van der Waals surface area contributed by atoms with Crippen LogP contribution < -0.4 is 10.1 Å². The number of unbranched alkanes of at least 4 members (excludes halogenated alkanes) is 1. The lowest BCUT2D eigenvalue weighted by Crippen LogP contribution is -2.65. The molecule has 0 spiro atoms. The number of hydrogen-bond acceptors (Lipinski definition) is 6. The lowest BCUT2D eigenvalue weighted by Gasteiger charge is -2.64. The fourth-order valence-electron chi connectivity index (χ4n) is 6.29. The van der Waals surface area contributed by atoms with E-state index in [9.17, 15) is 14.7 Å². The Morgan fingerprint density at radius 2 is 2.12 bits per heavy atom. The van der Waals surface area contributed by atoms with Gasteiger partial charge in [0.25, 0.3) is 0 Å². The minimum absolute atomic E-state index is 0.0421. The second-order valence-electron chi connectivity index (χ2n) is 10.5. The van der Waals surface area contributed by atoms with Gasteiger partial charge in [-0.25, -0.2) is 4.79 Å². The van der Waals surface area contributed by atoms with Crippen LogP contribution in [0.3, 0.4) is 0 Å². The highest BCUT2D eigenvalue weighted by atomic mass is 16.7. The fourth-order valence-corrected chi connectivity index (χ4v) is 6.29. The zero-order valence-corrected chi connectivity index (χ0v) is 20.3. The van der Waals surface area contributed by atoms with E-state index in [4.69, 9.17) is 19.3 Å². The third-order valence-corrected chi connectivity index (χ3v) is 8.31. The topological polar surface area (TPSA) is 118 Å². The van der Waals surface area contributed by atoms with Gasteiger partial charge in [0, 0.05) is 12.8 Å². The van der Waals surface area contributed by atoms with Gasteiger partial charge in [-0.05, 0) is 61.5 Å². The van der Waals surface area contributed by atoms with E-state index in [1.807, 2.05) is 0 Å². The molecule has 1 heterocycles. The minimum atomic E-state index is -1.08. The first-order valence-electron chi connectivity index (χ1n) is 12.0. The maximum Gasteiger partial charge on any atom is 0.482 e. The summed E-state index contributed by atoms with van der Waals surface area (Å²) in [6, 6.07) is 7.02. The first-order chi connectivity index (χ1) is 16.1. The van der Waals surface area contributed by atoms with Gasteiger partial charge in [-0.15, -0.1) is 0 Å². The zero-order chi connectivity index (χ0) is 24.7. The molecule has 1 aromatic rings. The highest BCUT2D eigenvalue weighted by molar-refractivity contribution is 6.48. The Hall–Kier alpha value is -2.57. The number of nitrogens with one attached hydrogen (secondary N) is 1. The summed E-state index contributed by atoms with van der Waals surface area (Å²) in [6.07, 6.45) is 3.30. The van der Waals surface area contributed by atoms with Gasteiger partial charge in [-0.1, -0.05) is 26.0 Å². The average molecular weight is 468 g/mol. The number of rotatable bonds is 9. The van der Waals surface area contributed by atoms with Crippen molar-refractivity contribution in [3.63, 3.8) is 0 Å². The van der Waals surface area contributed by atoms with E-state index in [-0.39, 0.29) is 35.2 Å². The number of carbonyl (C=O) groups is 2. The van der Waals surface area contributed by atoms with E-state index in [2.05, 4.69) is 32.2 Å². The third-order valence-electron chi connectivity index (χ3n) is 8.31. The van der Waals surface area contributed by atoms with Gasteiger partial charge in [0.05, 0.1) is 30.8 Å². The number of carboxylic acids is 1. The van der Waals surface area contributed by atoms with Gasteiger partial charge in [0.1, 0.15) is 11.3 Å². The number of benzene rings is 1. The van der Waals surface area contributed by atoms with E-state index in [1.54, 1.807) is 12.1 Å². The number of methoxy groups -OCH3 is 1. The lowest BCUT2D eigenvalue weighted by atomic mass is 9.43. The van der Waals surface area contributed by atoms with Crippen molar-refractivity contribution in [2.75, 3.05) is 7.11 Å². The summed E-state index contributed by atoms with van der Waals surface area (Å²) in [7, 11) is 0.775. The number of nitrogens with zero attached hydrogens (tertiary/aromatic N) is 1. The van der Waals surface area contributed by atoms with Gasteiger partial charge in [0.15, 0.2) is 0 Å². The van der Waals surface area contributed by atoms with Crippen LogP contribution in [0.4, 0.5) is 0 Å². The molecule has 0 radical (unpaired) electrons. The van der Waals surface area contributed by atoms with Gasteiger partial charge < -0.3 is 24.5 Å². The van der Waals surface area contributed by atoms with Crippen molar-refractivity contribution in [2.45, 2.75) is 76.9 Å². The second kappa shape index (κ2) is 9.24. The Morgan fingerprint density at radius 3 is 2.76 bits per heavy atom. The van der Waals surface area contributed by atoms with Crippen LogP contribution in [0.2, 0.25) is 0 Å². The second-order valence-corrected chi connectivity index (χ2v) is 10.5. The van der Waals surface area contributed by atoms with Crippen LogP contribution in [0.25, 0.3) is 0 Å². The Morgan fingerprint density at radius 1 is 1.35 bits per heavy atom. The SMILES string of the molecule is COc1c(CC(NC(=O)CCCC#N)B2OC3CC4CC(C4(C)C)C3(C)O2)cccc1C(=O)O. The van der Waals surface area contributed by atoms with E-state index in [0.717, 1.165) is 12.8 Å². The summed E-state index contributed by atoms with van der Waals surface area (Å²) in [5.74, 6) is -0.552. The van der Waals surface area contributed by atoms with Crippen LogP contribution >= 0.6 is 0 Å². The number of amides is 1. The van der Waals surface area contributed by atoms with Crippen LogP contribution in [-0.2, 0) is 20.5 Å². The Kier molecular flexibility index (Phi) is 6.67. The number of ether oxygens (including phenoxy) is 1. The summed E-state index contributed by atoms with van der Waals surface area (Å²) < 4.78 is 18.5. The Bertz CT molecular complexity index is 1010. The van der Waals surface area contributed by atoms with E-state index < -0.39 is 24.6 Å². The monoisotopic (exact) mass is 468 g/mol. The molecule has 5 rings (SSSR count). The quantitative estimate of drug-likeness (QED) is 0.421. The minimum Gasteiger partial charge on any atom is -0.496 e. The van der Waals surface area contributed by atoms with Crippen molar-refractivity contribution in [3.05, 3.63) is 29.3 Å². The average Bonchev–Trinajstić information content (AvgIpc) is 3.15. The normalized spacial score (nSPS) is 29.4. The van der Waals surface area contributed by atoms with Crippen molar-refractivity contribution >= 4 is 19.0 Å². The molecule has 9 heteroatoms. The molecule has 5 unspecified atom stereocenters. The molecule has 1 aliphatic heterocycles. The first-order valence-corrected chi connectivity index (χ1v) is 12.0. The van der Waals surface area contributed by atoms with E-state index >= 15 is 0 Å². The molecule has 1 aromatic carbocycles. The van der Waals surface area contributed by atoms with E-state index in [1.165, 1.54) is 13.2 Å². The van der Waals surface area contributed by atoms with Crippen LogP contribution in [0.5, 0.6) is 5.75 Å². The van der Waals surface area contributed by atoms with Gasteiger partial charge in [-0.3, -0.25) is 4.79 Å². The summed E-state index contributed by atoms with van der Waals surface area (Å²) in [5.41, 5.74) is 0.482. The first kappa shape index (κ1) is 24.6. The summed E-state index contributed by atoms with van der Waals surface area (Å²) in [6.45, 7) is 6.71. The molecule has 8 nitrogen and oxygen atoms in total. The van der Waals surface area contributed by atoms with Gasteiger partial charge >= 0.3 is 13.1 Å². The molecule has 1 amide bonds. The third kappa shape index (κ3) is 4.18. The predicted octanol–water partition coefficient (Wildman–Crippen LogP) is 3.38. The molecule has 5 atom stereocenters.